The van der Waals surface area contributed by atoms with Crippen LogP contribution in [0, 0.1) is 0 Å². The molecular formula is C8H5F11OS. The predicted molar refractivity (Wildman–Crippen MR) is 49.1 cm³/mol. The van der Waals surface area contributed by atoms with Gasteiger partial charge >= 0.3 is 29.9 Å². The number of alkyl halides is 11. The molecule has 0 aromatic heterocycles. The van der Waals surface area contributed by atoms with E-state index >= 15 is 0 Å². The Morgan fingerprint density at radius 2 is 1.10 bits per heavy atom. The van der Waals surface area contributed by atoms with Crippen molar-refractivity contribution in [1.29, 1.82) is 0 Å². The molecule has 0 aromatic rings. The summed E-state index contributed by atoms with van der Waals surface area (Å²) in [5.74, 6) is -27.9. The van der Waals surface area contributed by atoms with Crippen molar-refractivity contribution in [2.75, 3.05) is 0 Å². The number of thiol groups is 1. The summed E-state index contributed by atoms with van der Waals surface area (Å²) in [5.41, 5.74) is 0. The summed E-state index contributed by atoms with van der Waals surface area (Å²) < 4.78 is 137. The highest BCUT2D eigenvalue weighted by Crippen LogP contribution is 2.58. The van der Waals surface area contributed by atoms with Crippen LogP contribution in [0.15, 0.2) is 0 Å². The Kier molecular flexibility index (Phi) is 5.27. The minimum atomic E-state index is -7.43. The fourth-order valence-electron chi connectivity index (χ4n) is 1.03. The zero-order valence-corrected chi connectivity index (χ0v) is 10.3. The summed E-state index contributed by atoms with van der Waals surface area (Å²) >= 11 is 2.85. The molecule has 0 aliphatic heterocycles. The Labute approximate surface area is 114 Å². The van der Waals surface area contributed by atoms with E-state index in [-0.39, 0.29) is 0 Å². The van der Waals surface area contributed by atoms with Crippen molar-refractivity contribution in [3.8, 4) is 0 Å². The maximum Gasteiger partial charge on any atom is 0.460 e. The van der Waals surface area contributed by atoms with Gasteiger partial charge in [0.05, 0.1) is 0 Å². The Morgan fingerprint density at radius 1 is 0.714 bits per heavy atom. The van der Waals surface area contributed by atoms with E-state index in [9.17, 15) is 53.1 Å². The van der Waals surface area contributed by atoms with Gasteiger partial charge in [-0.3, -0.25) is 4.79 Å². The van der Waals surface area contributed by atoms with Crippen LogP contribution in [-0.4, -0.2) is 35.0 Å². The van der Waals surface area contributed by atoms with Crippen LogP contribution in [0.3, 0.4) is 0 Å². The maximum atomic E-state index is 12.9. The molecule has 0 spiro atoms. The van der Waals surface area contributed by atoms with Crippen LogP contribution in [-0.2, 0) is 4.79 Å². The van der Waals surface area contributed by atoms with Gasteiger partial charge in [0, 0.05) is 12.8 Å². The van der Waals surface area contributed by atoms with Crippen molar-refractivity contribution < 1.29 is 53.1 Å². The van der Waals surface area contributed by atoms with E-state index in [0.29, 0.717) is 0 Å². The first-order valence-electron chi connectivity index (χ1n) is 4.71. The highest BCUT2D eigenvalue weighted by molar-refractivity contribution is 7.96. The van der Waals surface area contributed by atoms with Gasteiger partial charge in [-0.05, 0) is 0 Å². The molecule has 0 bridgehead atoms. The average Bonchev–Trinajstić information content (AvgIpc) is 2.24. The summed E-state index contributed by atoms with van der Waals surface area (Å²) in [7, 11) is 0. The van der Waals surface area contributed by atoms with E-state index in [1.54, 1.807) is 0 Å². The molecule has 126 valence electrons. The maximum absolute atomic E-state index is 12.9. The molecule has 0 amide bonds. The lowest BCUT2D eigenvalue weighted by Crippen LogP contribution is -2.66. The number of hydrogen-bond donors (Lipinski definition) is 1. The molecule has 0 N–H and O–H groups in total. The molecule has 0 radical (unpaired) electrons. The molecule has 0 saturated carbocycles. The van der Waals surface area contributed by atoms with Gasteiger partial charge in [0.15, 0.2) is 5.12 Å². The fourth-order valence-corrected chi connectivity index (χ4v) is 1.14. The van der Waals surface area contributed by atoms with Crippen molar-refractivity contribution in [1.82, 2.24) is 0 Å². The Bertz CT molecular complexity index is 400. The van der Waals surface area contributed by atoms with Gasteiger partial charge in [-0.1, -0.05) is 0 Å². The third-order valence-corrected chi connectivity index (χ3v) is 2.48. The highest BCUT2D eigenvalue weighted by Gasteiger charge is 2.86. The van der Waals surface area contributed by atoms with Gasteiger partial charge in [0.25, 0.3) is 0 Å². The number of carbonyl (C=O) groups is 1. The van der Waals surface area contributed by atoms with Gasteiger partial charge < -0.3 is 0 Å². The Balaban J connectivity index is 5.71. The lowest BCUT2D eigenvalue weighted by Gasteiger charge is -2.37. The van der Waals surface area contributed by atoms with Gasteiger partial charge in [-0.2, -0.15) is 48.3 Å². The number of hydrogen-bond acceptors (Lipinski definition) is 1. The number of carbonyl (C=O) groups excluding carboxylic acids is 1. The van der Waals surface area contributed by atoms with E-state index in [2.05, 4.69) is 12.6 Å². The molecule has 0 unspecified atom stereocenters. The quantitative estimate of drug-likeness (QED) is 0.553. The lowest BCUT2D eigenvalue weighted by molar-refractivity contribution is -0.422. The van der Waals surface area contributed by atoms with Crippen molar-refractivity contribution in [3.05, 3.63) is 0 Å². The van der Waals surface area contributed by atoms with E-state index in [1.807, 2.05) is 0 Å². The van der Waals surface area contributed by atoms with E-state index in [4.69, 9.17) is 0 Å². The molecule has 1 nitrogen and oxygen atoms in total. The van der Waals surface area contributed by atoms with Crippen LogP contribution in [0.1, 0.15) is 12.8 Å². The Morgan fingerprint density at radius 3 is 1.38 bits per heavy atom. The zero-order valence-electron chi connectivity index (χ0n) is 9.43. The first kappa shape index (κ1) is 20.2. The van der Waals surface area contributed by atoms with Crippen LogP contribution in [0.4, 0.5) is 48.3 Å². The second-order valence-electron chi connectivity index (χ2n) is 3.82. The summed E-state index contributed by atoms with van der Waals surface area (Å²) in [5, 5.41) is -1.48. The minimum Gasteiger partial charge on any atom is -0.288 e. The molecule has 21 heavy (non-hydrogen) atoms. The summed E-state index contributed by atoms with van der Waals surface area (Å²) in [6.07, 6.45) is -11.1. The van der Waals surface area contributed by atoms with Crippen LogP contribution >= 0.6 is 12.6 Å². The number of rotatable bonds is 6. The van der Waals surface area contributed by atoms with Gasteiger partial charge in [-0.25, -0.2) is 0 Å². The van der Waals surface area contributed by atoms with E-state index in [0.717, 1.165) is 0 Å². The van der Waals surface area contributed by atoms with Crippen LogP contribution in [0.2, 0.25) is 0 Å². The smallest absolute Gasteiger partial charge is 0.288 e. The molecule has 0 saturated heterocycles. The number of halogens is 11. The molecule has 0 heterocycles. The normalized spacial score (nSPS) is 15.2. The van der Waals surface area contributed by atoms with Crippen LogP contribution < -0.4 is 0 Å². The predicted octanol–water partition coefficient (Wildman–Crippen LogP) is 4.33. The van der Waals surface area contributed by atoms with Gasteiger partial charge in [-0.15, -0.1) is 12.6 Å². The molecule has 13 heteroatoms. The van der Waals surface area contributed by atoms with E-state index < -0.39 is 47.8 Å². The second-order valence-corrected chi connectivity index (χ2v) is 4.32. The summed E-state index contributed by atoms with van der Waals surface area (Å²) in [6, 6.07) is 0. The standard InChI is InChI=1S/C8H5F11OS/c9-4(10,2-1-3(20)21)5(11,12)6(13,14)7(15,16)8(17,18)19/h1-2H2,(H,20,21). The lowest BCUT2D eigenvalue weighted by atomic mass is 9.95. The second kappa shape index (κ2) is 5.47. The largest absolute Gasteiger partial charge is 0.460 e. The van der Waals surface area contributed by atoms with Crippen molar-refractivity contribution in [3.63, 3.8) is 0 Å². The third kappa shape index (κ3) is 3.37. The van der Waals surface area contributed by atoms with Crippen LogP contribution in [0.25, 0.3) is 0 Å². The summed E-state index contributed by atoms with van der Waals surface area (Å²) in [6.45, 7) is 0. The molecular weight excluding hydrogens is 353 g/mol. The SMILES string of the molecule is O=C(S)CCC(F)(F)C(F)(F)C(F)(F)C(F)(F)C(F)(F)F. The Hall–Kier alpha value is -0.750. The van der Waals surface area contributed by atoms with Gasteiger partial charge in [0.2, 0.25) is 0 Å². The van der Waals surface area contributed by atoms with Crippen molar-refractivity contribution in [2.45, 2.75) is 42.7 Å². The monoisotopic (exact) mass is 358 g/mol. The molecule has 0 atom stereocenters. The highest BCUT2D eigenvalue weighted by atomic mass is 32.1. The molecule has 0 rings (SSSR count). The summed E-state index contributed by atoms with van der Waals surface area (Å²) in [4.78, 5) is 10.2. The zero-order chi connectivity index (χ0) is 17.5. The third-order valence-electron chi connectivity index (χ3n) is 2.26. The fraction of sp³-hybridized carbons (Fsp3) is 0.875. The van der Waals surface area contributed by atoms with Crippen LogP contribution in [0.5, 0.6) is 0 Å². The molecule has 0 aliphatic rings. The minimum absolute atomic E-state index is 1.48. The first-order valence-corrected chi connectivity index (χ1v) is 5.16. The van der Waals surface area contributed by atoms with Crippen molar-refractivity contribution in [2.24, 2.45) is 0 Å². The van der Waals surface area contributed by atoms with Crippen molar-refractivity contribution >= 4 is 17.7 Å². The average molecular weight is 358 g/mol. The molecule has 0 aromatic carbocycles. The molecule has 0 fully saturated rings. The van der Waals surface area contributed by atoms with E-state index in [1.165, 1.54) is 0 Å². The first-order chi connectivity index (χ1) is 8.92. The van der Waals surface area contributed by atoms with Gasteiger partial charge in [0.1, 0.15) is 0 Å². The molecule has 0 aliphatic carbocycles. The topological polar surface area (TPSA) is 17.1 Å².